The highest BCUT2D eigenvalue weighted by molar-refractivity contribution is 5.92. The molecule has 1 aliphatic carbocycles. The van der Waals surface area contributed by atoms with Gasteiger partial charge < -0.3 is 14.2 Å². The molecule has 1 amide bonds. The van der Waals surface area contributed by atoms with Crippen LogP contribution in [-0.4, -0.2) is 42.4 Å². The zero-order valence-corrected chi connectivity index (χ0v) is 18.7. The van der Waals surface area contributed by atoms with Crippen molar-refractivity contribution in [3.05, 3.63) is 66.1 Å². The van der Waals surface area contributed by atoms with Crippen molar-refractivity contribution in [1.82, 2.24) is 15.4 Å². The summed E-state index contributed by atoms with van der Waals surface area (Å²) in [5.74, 6) is 1.61. The molecule has 2 aromatic carbocycles. The van der Waals surface area contributed by atoms with E-state index in [-0.39, 0.29) is 5.82 Å². The number of amides is 1. The van der Waals surface area contributed by atoms with Gasteiger partial charge in [0.2, 0.25) is 5.82 Å². The molecule has 0 saturated heterocycles. The number of aromatic nitrogens is 2. The van der Waals surface area contributed by atoms with E-state index in [0.717, 1.165) is 24.2 Å². The highest BCUT2D eigenvalue weighted by Crippen LogP contribution is 2.26. The van der Waals surface area contributed by atoms with Crippen LogP contribution in [0.3, 0.4) is 0 Å². The van der Waals surface area contributed by atoms with Crippen LogP contribution in [0, 0.1) is 0 Å². The monoisotopic (exact) mass is 446 g/mol. The van der Waals surface area contributed by atoms with Crippen molar-refractivity contribution >= 4 is 12.1 Å². The standard InChI is InChI=1S/C25H26N4O4/c1-31-21-13-17(14-22(15-21)32-2)16-27-29-25(30)24-26-12-11-23(28-24)18-7-9-20(10-8-18)33-19-5-3-4-6-19/h7-16,19H,3-6H2,1-2H3,(H,29,30). The highest BCUT2D eigenvalue weighted by atomic mass is 16.5. The third-order valence-corrected chi connectivity index (χ3v) is 5.37. The van der Waals surface area contributed by atoms with Crippen molar-refractivity contribution in [2.75, 3.05) is 14.2 Å². The minimum atomic E-state index is -0.510. The predicted octanol–water partition coefficient (Wildman–Crippen LogP) is 4.25. The molecule has 3 aromatic rings. The summed E-state index contributed by atoms with van der Waals surface area (Å²) < 4.78 is 16.5. The fourth-order valence-corrected chi connectivity index (χ4v) is 3.65. The van der Waals surface area contributed by atoms with Crippen molar-refractivity contribution in [3.63, 3.8) is 0 Å². The van der Waals surface area contributed by atoms with Gasteiger partial charge in [-0.2, -0.15) is 5.10 Å². The van der Waals surface area contributed by atoms with Crippen molar-refractivity contribution in [1.29, 1.82) is 0 Å². The molecule has 1 N–H and O–H groups in total. The maximum atomic E-state index is 12.5. The van der Waals surface area contributed by atoms with Crippen molar-refractivity contribution in [2.24, 2.45) is 5.10 Å². The summed E-state index contributed by atoms with van der Waals surface area (Å²) in [5, 5.41) is 4.00. The summed E-state index contributed by atoms with van der Waals surface area (Å²) in [6.45, 7) is 0. The van der Waals surface area contributed by atoms with E-state index in [1.54, 1.807) is 44.7 Å². The second-order valence-corrected chi connectivity index (χ2v) is 7.66. The molecule has 1 fully saturated rings. The van der Waals surface area contributed by atoms with Gasteiger partial charge in [-0.05, 0) is 68.1 Å². The molecular weight excluding hydrogens is 420 g/mol. The molecule has 33 heavy (non-hydrogen) atoms. The van der Waals surface area contributed by atoms with Crippen molar-refractivity contribution < 1.29 is 19.0 Å². The zero-order valence-electron chi connectivity index (χ0n) is 18.7. The third-order valence-electron chi connectivity index (χ3n) is 5.37. The van der Waals surface area contributed by atoms with E-state index in [1.807, 2.05) is 24.3 Å². The Labute approximate surface area is 192 Å². The SMILES string of the molecule is COc1cc(C=NNC(=O)c2nccc(-c3ccc(OC4CCCC4)cc3)n2)cc(OC)c1. The van der Waals surface area contributed by atoms with Gasteiger partial charge in [0.1, 0.15) is 17.2 Å². The number of hydrogen-bond donors (Lipinski definition) is 1. The Balaban J connectivity index is 1.41. The maximum Gasteiger partial charge on any atom is 0.309 e. The zero-order chi connectivity index (χ0) is 23.0. The second kappa shape index (κ2) is 10.6. The largest absolute Gasteiger partial charge is 0.497 e. The Bertz CT molecular complexity index is 1100. The van der Waals surface area contributed by atoms with E-state index in [4.69, 9.17) is 14.2 Å². The number of hydrogen-bond acceptors (Lipinski definition) is 7. The van der Waals surface area contributed by atoms with Crippen molar-refractivity contribution in [3.8, 4) is 28.5 Å². The third kappa shape index (κ3) is 5.85. The van der Waals surface area contributed by atoms with Crippen LogP contribution in [0.5, 0.6) is 17.2 Å². The lowest BCUT2D eigenvalue weighted by atomic mass is 10.1. The van der Waals surface area contributed by atoms with E-state index in [1.165, 1.54) is 19.1 Å². The molecule has 1 aliphatic rings. The molecule has 0 spiro atoms. The minimum Gasteiger partial charge on any atom is -0.497 e. The first-order chi connectivity index (χ1) is 16.1. The van der Waals surface area contributed by atoms with Gasteiger partial charge in [0.25, 0.3) is 0 Å². The number of carbonyl (C=O) groups is 1. The molecule has 0 radical (unpaired) electrons. The summed E-state index contributed by atoms with van der Waals surface area (Å²) >= 11 is 0. The van der Waals surface area contributed by atoms with E-state index >= 15 is 0 Å². The first-order valence-corrected chi connectivity index (χ1v) is 10.8. The lowest BCUT2D eigenvalue weighted by Gasteiger charge is -2.13. The van der Waals surface area contributed by atoms with Crippen LogP contribution in [-0.2, 0) is 0 Å². The van der Waals surface area contributed by atoms with Crippen LogP contribution < -0.4 is 19.6 Å². The summed E-state index contributed by atoms with van der Waals surface area (Å²) in [7, 11) is 3.13. The van der Waals surface area contributed by atoms with Crippen LogP contribution >= 0.6 is 0 Å². The van der Waals surface area contributed by atoms with Gasteiger partial charge in [0, 0.05) is 23.4 Å². The fraction of sp³-hybridized carbons (Fsp3) is 0.280. The molecule has 8 nitrogen and oxygen atoms in total. The predicted molar refractivity (Wildman–Crippen MR) is 125 cm³/mol. The number of methoxy groups -OCH3 is 2. The molecule has 0 atom stereocenters. The number of benzene rings is 2. The van der Waals surface area contributed by atoms with Crippen LogP contribution in [0.15, 0.2) is 59.8 Å². The van der Waals surface area contributed by atoms with E-state index in [9.17, 15) is 4.79 Å². The van der Waals surface area contributed by atoms with Gasteiger partial charge >= 0.3 is 5.91 Å². The molecule has 1 heterocycles. The number of nitrogens with one attached hydrogen (secondary N) is 1. The first-order valence-electron chi connectivity index (χ1n) is 10.8. The smallest absolute Gasteiger partial charge is 0.309 e. The maximum absolute atomic E-state index is 12.5. The summed E-state index contributed by atoms with van der Waals surface area (Å²) in [6.07, 6.45) is 8.04. The van der Waals surface area contributed by atoms with E-state index in [2.05, 4.69) is 20.5 Å². The Hall–Kier alpha value is -3.94. The average Bonchev–Trinajstić information content (AvgIpc) is 3.37. The summed E-state index contributed by atoms with van der Waals surface area (Å²) in [5.41, 5.74) is 4.68. The molecule has 0 bridgehead atoms. The van der Waals surface area contributed by atoms with Gasteiger partial charge in [-0.3, -0.25) is 4.79 Å². The van der Waals surface area contributed by atoms with Gasteiger partial charge in [0.05, 0.1) is 32.2 Å². The molecule has 0 unspecified atom stereocenters. The normalized spacial score (nSPS) is 13.8. The van der Waals surface area contributed by atoms with Crippen LogP contribution in [0.4, 0.5) is 0 Å². The topological polar surface area (TPSA) is 94.9 Å². The quantitative estimate of drug-likeness (QED) is 0.411. The number of hydrazone groups is 1. The van der Waals surface area contributed by atoms with E-state index < -0.39 is 5.91 Å². The Morgan fingerprint density at radius 3 is 2.36 bits per heavy atom. The molecule has 4 rings (SSSR count). The Kier molecular flexibility index (Phi) is 7.14. The average molecular weight is 447 g/mol. The summed E-state index contributed by atoms with van der Waals surface area (Å²) in [4.78, 5) is 20.9. The van der Waals surface area contributed by atoms with E-state index in [0.29, 0.717) is 28.9 Å². The van der Waals surface area contributed by atoms with Crippen molar-refractivity contribution in [2.45, 2.75) is 31.8 Å². The van der Waals surface area contributed by atoms with Gasteiger partial charge in [-0.1, -0.05) is 0 Å². The first kappa shape index (κ1) is 22.3. The molecule has 1 aromatic heterocycles. The second-order valence-electron chi connectivity index (χ2n) is 7.66. The fourth-order valence-electron chi connectivity index (χ4n) is 3.65. The Morgan fingerprint density at radius 1 is 1.00 bits per heavy atom. The lowest BCUT2D eigenvalue weighted by Crippen LogP contribution is -2.20. The number of rotatable bonds is 8. The van der Waals surface area contributed by atoms with Gasteiger partial charge in [0.15, 0.2) is 0 Å². The Morgan fingerprint density at radius 2 is 1.70 bits per heavy atom. The molecule has 170 valence electrons. The number of ether oxygens (including phenoxy) is 3. The molecular formula is C25H26N4O4. The van der Waals surface area contributed by atoms with Crippen LogP contribution in [0.1, 0.15) is 41.9 Å². The van der Waals surface area contributed by atoms with Gasteiger partial charge in [-0.15, -0.1) is 0 Å². The highest BCUT2D eigenvalue weighted by Gasteiger charge is 2.16. The molecule has 8 heteroatoms. The number of nitrogens with zero attached hydrogens (tertiary/aromatic N) is 3. The summed E-state index contributed by atoms with van der Waals surface area (Å²) in [6, 6.07) is 14.8. The van der Waals surface area contributed by atoms with Crippen LogP contribution in [0.25, 0.3) is 11.3 Å². The molecule has 0 aliphatic heterocycles. The lowest BCUT2D eigenvalue weighted by molar-refractivity contribution is 0.0945. The van der Waals surface area contributed by atoms with Crippen LogP contribution in [0.2, 0.25) is 0 Å². The van der Waals surface area contributed by atoms with Gasteiger partial charge in [-0.25, -0.2) is 15.4 Å². The number of carbonyl (C=O) groups excluding carboxylic acids is 1. The molecule has 1 saturated carbocycles. The minimum absolute atomic E-state index is 0.0270.